The molecule has 0 N–H and O–H groups in total. The Morgan fingerprint density at radius 1 is 1.19 bits per heavy atom. The van der Waals surface area contributed by atoms with Crippen LogP contribution < -0.4 is 0 Å². The predicted octanol–water partition coefficient (Wildman–Crippen LogP) is 3.45. The van der Waals surface area contributed by atoms with Crippen molar-refractivity contribution < 1.29 is 4.79 Å². The van der Waals surface area contributed by atoms with Gasteiger partial charge in [-0.3, -0.25) is 9.69 Å². The molecule has 0 aromatic carbocycles. The van der Waals surface area contributed by atoms with Crippen molar-refractivity contribution in [2.75, 3.05) is 31.9 Å². The molecule has 26 heavy (non-hydrogen) atoms. The highest BCUT2D eigenvalue weighted by Crippen LogP contribution is 2.40. The van der Waals surface area contributed by atoms with Gasteiger partial charge in [-0.2, -0.15) is 0 Å². The maximum atomic E-state index is 12.6. The van der Waals surface area contributed by atoms with Crippen LogP contribution in [-0.4, -0.2) is 57.6 Å². The van der Waals surface area contributed by atoms with Gasteiger partial charge in [-0.25, -0.2) is 9.97 Å². The van der Waals surface area contributed by atoms with Crippen molar-refractivity contribution in [2.45, 2.75) is 58.7 Å². The molecule has 1 aromatic rings. The molecular formula is C20H32N4OS. The molecule has 2 aliphatic rings. The third-order valence-corrected chi connectivity index (χ3v) is 6.23. The van der Waals surface area contributed by atoms with Crippen LogP contribution in [-0.2, 0) is 11.3 Å². The minimum absolute atomic E-state index is 0.276. The van der Waals surface area contributed by atoms with Gasteiger partial charge in [0.15, 0.2) is 5.16 Å². The van der Waals surface area contributed by atoms with Crippen molar-refractivity contribution in [3.8, 4) is 0 Å². The lowest BCUT2D eigenvalue weighted by molar-refractivity contribution is -0.138. The average molecular weight is 377 g/mol. The standard InChI is InChI=1S/C20H32N4OS/c1-5-26-18-21-11-16(12-22-18)13-23-9-6-7-20(14-23)8-10-24(15-20)17(25)19(2,3)4/h11-12H,5-10,13-15H2,1-4H3. The quantitative estimate of drug-likeness (QED) is 0.595. The first-order valence-electron chi connectivity index (χ1n) is 9.77. The highest BCUT2D eigenvalue weighted by Gasteiger charge is 2.44. The van der Waals surface area contributed by atoms with Crippen LogP contribution in [0.2, 0.25) is 0 Å². The van der Waals surface area contributed by atoms with Gasteiger partial charge in [0.2, 0.25) is 5.91 Å². The third-order valence-electron chi connectivity index (χ3n) is 5.47. The Bertz CT molecular complexity index is 628. The maximum absolute atomic E-state index is 12.6. The van der Waals surface area contributed by atoms with Crippen LogP contribution in [0, 0.1) is 10.8 Å². The molecule has 2 aliphatic heterocycles. The molecule has 0 bridgehead atoms. The molecule has 0 radical (unpaired) electrons. The average Bonchev–Trinajstić information content (AvgIpc) is 2.98. The molecule has 5 nitrogen and oxygen atoms in total. The first kappa shape index (κ1) is 19.6. The second-order valence-corrected chi connectivity index (χ2v) is 10.1. The number of piperidine rings is 1. The largest absolute Gasteiger partial charge is 0.342 e. The number of amides is 1. The van der Waals surface area contributed by atoms with Crippen molar-refractivity contribution in [1.29, 1.82) is 0 Å². The zero-order valence-corrected chi connectivity index (χ0v) is 17.4. The first-order chi connectivity index (χ1) is 12.3. The first-order valence-corrected chi connectivity index (χ1v) is 10.8. The summed E-state index contributed by atoms with van der Waals surface area (Å²) in [6.07, 6.45) is 7.52. The number of aromatic nitrogens is 2. The van der Waals surface area contributed by atoms with Crippen LogP contribution in [0.5, 0.6) is 0 Å². The van der Waals surface area contributed by atoms with Crippen LogP contribution in [0.4, 0.5) is 0 Å². The monoisotopic (exact) mass is 376 g/mol. The summed E-state index contributed by atoms with van der Waals surface area (Å²) in [5.41, 5.74) is 1.18. The van der Waals surface area contributed by atoms with Gasteiger partial charge in [0, 0.05) is 55.0 Å². The number of carbonyl (C=O) groups excluding carboxylic acids is 1. The Morgan fingerprint density at radius 3 is 2.58 bits per heavy atom. The summed E-state index contributed by atoms with van der Waals surface area (Å²) >= 11 is 1.68. The van der Waals surface area contributed by atoms with E-state index in [-0.39, 0.29) is 10.8 Å². The topological polar surface area (TPSA) is 49.3 Å². The minimum atomic E-state index is -0.282. The van der Waals surface area contributed by atoms with Crippen LogP contribution in [0.15, 0.2) is 17.6 Å². The summed E-state index contributed by atoms with van der Waals surface area (Å²) in [6.45, 7) is 13.1. The lowest BCUT2D eigenvalue weighted by Gasteiger charge is -2.40. The Kier molecular flexibility index (Phi) is 5.92. The van der Waals surface area contributed by atoms with Crippen LogP contribution in [0.3, 0.4) is 0 Å². The van der Waals surface area contributed by atoms with Crippen molar-refractivity contribution in [2.24, 2.45) is 10.8 Å². The van der Waals surface area contributed by atoms with Crippen molar-refractivity contribution in [1.82, 2.24) is 19.8 Å². The van der Waals surface area contributed by atoms with Gasteiger partial charge >= 0.3 is 0 Å². The van der Waals surface area contributed by atoms with Gasteiger partial charge in [0.05, 0.1) is 0 Å². The second-order valence-electron chi connectivity index (χ2n) is 8.85. The summed E-state index contributed by atoms with van der Waals surface area (Å²) in [5, 5.41) is 0.860. The molecule has 3 heterocycles. The Morgan fingerprint density at radius 2 is 1.92 bits per heavy atom. The molecule has 2 saturated heterocycles. The zero-order valence-electron chi connectivity index (χ0n) is 16.6. The molecule has 1 amide bonds. The maximum Gasteiger partial charge on any atom is 0.227 e. The molecule has 2 fully saturated rings. The van der Waals surface area contributed by atoms with E-state index in [4.69, 9.17) is 0 Å². The Hall–Kier alpha value is -1.14. The highest BCUT2D eigenvalue weighted by atomic mass is 32.2. The zero-order chi connectivity index (χ0) is 18.8. The molecule has 3 rings (SSSR count). The molecule has 0 aliphatic carbocycles. The van der Waals surface area contributed by atoms with Gasteiger partial charge in [0.1, 0.15) is 0 Å². The number of hydrogen-bond donors (Lipinski definition) is 0. The number of hydrogen-bond acceptors (Lipinski definition) is 5. The van der Waals surface area contributed by atoms with Gasteiger partial charge in [0.25, 0.3) is 0 Å². The summed E-state index contributed by atoms with van der Waals surface area (Å²) in [7, 11) is 0. The normalized spacial score (nSPS) is 24.4. The number of likely N-dealkylation sites (tertiary alicyclic amines) is 2. The fraction of sp³-hybridized carbons (Fsp3) is 0.750. The molecule has 6 heteroatoms. The van der Waals surface area contributed by atoms with E-state index in [0.29, 0.717) is 5.91 Å². The molecular weight excluding hydrogens is 344 g/mol. The van der Waals surface area contributed by atoms with E-state index in [1.807, 2.05) is 33.2 Å². The lowest BCUT2D eigenvalue weighted by atomic mass is 9.79. The fourth-order valence-electron chi connectivity index (χ4n) is 4.25. The van der Waals surface area contributed by atoms with Gasteiger partial charge in [-0.1, -0.05) is 39.5 Å². The molecule has 0 saturated carbocycles. The van der Waals surface area contributed by atoms with E-state index in [1.165, 1.54) is 18.4 Å². The summed E-state index contributed by atoms with van der Waals surface area (Å²) < 4.78 is 0. The smallest absolute Gasteiger partial charge is 0.227 e. The second kappa shape index (κ2) is 7.85. The van der Waals surface area contributed by atoms with Gasteiger partial charge in [-0.05, 0) is 31.6 Å². The molecule has 1 unspecified atom stereocenters. The van der Waals surface area contributed by atoms with Crippen LogP contribution in [0.25, 0.3) is 0 Å². The lowest BCUT2D eigenvalue weighted by Crippen LogP contribution is -2.46. The van der Waals surface area contributed by atoms with Crippen LogP contribution >= 0.6 is 11.8 Å². The third kappa shape index (κ3) is 4.58. The van der Waals surface area contributed by atoms with Crippen molar-refractivity contribution in [3.05, 3.63) is 18.0 Å². The molecule has 1 aromatic heterocycles. The Balaban J connectivity index is 1.60. The minimum Gasteiger partial charge on any atom is -0.342 e. The van der Waals surface area contributed by atoms with E-state index in [9.17, 15) is 4.79 Å². The van der Waals surface area contributed by atoms with E-state index in [0.717, 1.165) is 50.1 Å². The summed E-state index contributed by atoms with van der Waals surface area (Å²) in [4.78, 5) is 26.2. The molecule has 1 spiro atoms. The van der Waals surface area contributed by atoms with Crippen molar-refractivity contribution >= 4 is 17.7 Å². The van der Waals surface area contributed by atoms with Crippen molar-refractivity contribution in [3.63, 3.8) is 0 Å². The van der Waals surface area contributed by atoms with Crippen LogP contribution in [0.1, 0.15) is 52.5 Å². The molecule has 1 atom stereocenters. The predicted molar refractivity (Wildman–Crippen MR) is 106 cm³/mol. The van der Waals surface area contributed by atoms with Gasteiger partial charge in [-0.15, -0.1) is 0 Å². The van der Waals surface area contributed by atoms with E-state index in [1.54, 1.807) is 11.8 Å². The Labute approximate surface area is 162 Å². The van der Waals surface area contributed by atoms with Gasteiger partial charge < -0.3 is 4.90 Å². The number of thioether (sulfide) groups is 1. The number of nitrogens with zero attached hydrogens (tertiary/aromatic N) is 4. The van der Waals surface area contributed by atoms with E-state index >= 15 is 0 Å². The highest BCUT2D eigenvalue weighted by molar-refractivity contribution is 7.99. The number of carbonyl (C=O) groups is 1. The van der Waals surface area contributed by atoms with E-state index < -0.39 is 0 Å². The SMILES string of the molecule is CCSc1ncc(CN2CCCC3(CCN(C(=O)C(C)(C)C)C3)C2)cn1. The fourth-order valence-corrected chi connectivity index (χ4v) is 4.76. The summed E-state index contributed by atoms with van der Waals surface area (Å²) in [6, 6.07) is 0. The number of rotatable bonds is 4. The van der Waals surface area contributed by atoms with E-state index in [2.05, 4.69) is 26.7 Å². The summed E-state index contributed by atoms with van der Waals surface area (Å²) in [5.74, 6) is 1.29. The molecule has 144 valence electrons.